The van der Waals surface area contributed by atoms with Crippen molar-refractivity contribution >= 4 is 33.3 Å². The molecular formula is C7H5O4Pb+. The predicted octanol–water partition coefficient (Wildman–Crippen LogP) is -0.342. The van der Waals surface area contributed by atoms with Crippen molar-refractivity contribution in [1.82, 2.24) is 0 Å². The molecule has 60 valence electrons. The van der Waals surface area contributed by atoms with Crippen molar-refractivity contribution < 1.29 is 20.0 Å². The molecule has 1 N–H and O–H groups in total. The van der Waals surface area contributed by atoms with Crippen LogP contribution in [0.4, 0.5) is 0 Å². The molecule has 12 heavy (non-hydrogen) atoms. The van der Waals surface area contributed by atoms with Crippen LogP contribution in [0.3, 0.4) is 0 Å². The van der Waals surface area contributed by atoms with Gasteiger partial charge in [0.15, 0.2) is 0 Å². The first kappa shape index (κ1) is 11.4. The fourth-order valence-electron chi connectivity index (χ4n) is 0.716. The average Bonchev–Trinajstić information content (AvgIpc) is 2.04. The van der Waals surface area contributed by atoms with Gasteiger partial charge in [0.25, 0.3) is 0 Å². The van der Waals surface area contributed by atoms with E-state index < -0.39 is 5.97 Å². The van der Waals surface area contributed by atoms with Gasteiger partial charge < -0.3 is 15.3 Å². The molecule has 5 heteroatoms. The Morgan fingerprint density at radius 1 is 1.42 bits per heavy atom. The summed E-state index contributed by atoms with van der Waals surface area (Å²) >= 11 is 0. The van der Waals surface area contributed by atoms with Crippen molar-refractivity contribution in [2.45, 2.75) is 0 Å². The van der Waals surface area contributed by atoms with Crippen molar-refractivity contribution in [3.05, 3.63) is 29.8 Å². The maximum atomic E-state index is 10.4. The van der Waals surface area contributed by atoms with Crippen molar-refractivity contribution in [3.8, 4) is 5.75 Å². The van der Waals surface area contributed by atoms with E-state index in [1.807, 2.05) is 0 Å². The molecule has 0 aliphatic carbocycles. The molecular weight excluding hydrogens is 355 g/mol. The van der Waals surface area contributed by atoms with Crippen molar-refractivity contribution in [2.24, 2.45) is 0 Å². The number of carbonyl (C=O) groups is 1. The number of benzene rings is 1. The zero-order valence-corrected chi connectivity index (χ0v) is 9.87. The molecule has 1 aromatic rings. The van der Waals surface area contributed by atoms with Crippen molar-refractivity contribution in [2.75, 3.05) is 0 Å². The van der Waals surface area contributed by atoms with E-state index in [1.54, 1.807) is 0 Å². The Kier molecular flexibility index (Phi) is 4.83. The first-order valence-corrected chi connectivity index (χ1v) is 2.88. The van der Waals surface area contributed by atoms with Crippen LogP contribution in [0.25, 0.3) is 0 Å². The van der Waals surface area contributed by atoms with Crippen LogP contribution in [0.2, 0.25) is 0 Å². The topological polar surface area (TPSA) is 69.6 Å². The molecule has 0 aliphatic rings. The van der Waals surface area contributed by atoms with Crippen LogP contribution in [0.15, 0.2) is 24.3 Å². The molecule has 1 rings (SSSR count). The molecule has 0 saturated heterocycles. The van der Waals surface area contributed by atoms with Crippen LogP contribution < -0.4 is 10.1 Å². The minimum absolute atomic E-state index is 0. The summed E-state index contributed by atoms with van der Waals surface area (Å²) in [5, 5.41) is 18.4. The van der Waals surface area contributed by atoms with Gasteiger partial charge in [0.2, 0.25) is 0 Å². The molecule has 0 bridgehead atoms. The quantitative estimate of drug-likeness (QED) is 0.445. The number of carboxylic acids is 1. The van der Waals surface area contributed by atoms with Crippen LogP contribution >= 0.6 is 0 Å². The summed E-state index contributed by atoms with van der Waals surface area (Å²) in [5.74, 6) is -1.34. The van der Waals surface area contributed by atoms with E-state index in [2.05, 4.69) is 4.89 Å². The van der Waals surface area contributed by atoms with Crippen LogP contribution in [0.1, 0.15) is 10.4 Å². The van der Waals surface area contributed by atoms with E-state index in [9.17, 15) is 10.1 Å². The Morgan fingerprint density at radius 2 is 2.00 bits per heavy atom. The van der Waals surface area contributed by atoms with E-state index in [4.69, 9.17) is 5.11 Å². The number of rotatable bonds is 2. The van der Waals surface area contributed by atoms with Gasteiger partial charge in [-0.25, -0.2) is 4.79 Å². The third-order valence-electron chi connectivity index (χ3n) is 1.21. The summed E-state index contributed by atoms with van der Waals surface area (Å²) in [6.07, 6.45) is 0. The van der Waals surface area contributed by atoms with E-state index in [0.717, 1.165) is 0 Å². The van der Waals surface area contributed by atoms with Crippen LogP contribution in [-0.2, 0) is 0 Å². The van der Waals surface area contributed by atoms with E-state index >= 15 is 0 Å². The minimum Gasteiger partial charge on any atom is -0.664 e. The standard InChI is InChI=1S/C7H6O4.Pb/c8-7(9)5-3-1-2-4-6(5)11-10;/h1-4,10H,(H,8,9);/q;+2/p-1. The summed E-state index contributed by atoms with van der Waals surface area (Å²) in [6, 6.07) is 5.65. The number of hydrogen-bond acceptors (Lipinski definition) is 3. The Bertz CT molecular complexity index is 274. The maximum absolute atomic E-state index is 10.4. The van der Waals surface area contributed by atoms with Gasteiger partial charge in [0.05, 0.1) is 0 Å². The zero-order valence-electron chi connectivity index (χ0n) is 5.98. The molecule has 0 spiro atoms. The summed E-state index contributed by atoms with van der Waals surface area (Å²) in [6.45, 7) is 0. The number of hydrogen-bond donors (Lipinski definition) is 1. The normalized spacial score (nSPS) is 8.42. The summed E-state index contributed by atoms with van der Waals surface area (Å²) in [7, 11) is 0. The maximum Gasteiger partial charge on any atom is 2.00 e. The fourth-order valence-corrected chi connectivity index (χ4v) is 0.716. The molecule has 0 aromatic heterocycles. The predicted molar refractivity (Wildman–Crippen MR) is 39.8 cm³/mol. The van der Waals surface area contributed by atoms with Crippen LogP contribution in [0.5, 0.6) is 5.75 Å². The van der Waals surface area contributed by atoms with Gasteiger partial charge in [-0.2, -0.15) is 0 Å². The molecule has 0 saturated carbocycles. The second-order valence-corrected chi connectivity index (χ2v) is 1.88. The first-order chi connectivity index (χ1) is 5.25. The molecule has 1 aromatic carbocycles. The third-order valence-corrected chi connectivity index (χ3v) is 1.21. The smallest absolute Gasteiger partial charge is 0.664 e. The van der Waals surface area contributed by atoms with Crippen molar-refractivity contribution in [3.63, 3.8) is 0 Å². The molecule has 4 nitrogen and oxygen atoms in total. The van der Waals surface area contributed by atoms with E-state index in [-0.39, 0.29) is 38.6 Å². The first-order valence-electron chi connectivity index (χ1n) is 2.88. The summed E-state index contributed by atoms with van der Waals surface area (Å²) in [5.41, 5.74) is -0.123. The Morgan fingerprint density at radius 3 is 2.42 bits per heavy atom. The molecule has 0 fully saturated rings. The number of aromatic carboxylic acids is 1. The molecule has 0 unspecified atom stereocenters. The molecule has 0 atom stereocenters. The zero-order chi connectivity index (χ0) is 8.27. The third kappa shape index (κ3) is 2.45. The van der Waals surface area contributed by atoms with Gasteiger partial charge >= 0.3 is 33.3 Å². The molecule has 0 aliphatic heterocycles. The Balaban J connectivity index is 0.00000121. The monoisotopic (exact) mass is 361 g/mol. The van der Waals surface area contributed by atoms with Gasteiger partial charge in [-0.05, 0) is 12.1 Å². The fraction of sp³-hybridized carbons (Fsp3) is 0. The van der Waals surface area contributed by atoms with Gasteiger partial charge in [-0.15, -0.1) is 0 Å². The van der Waals surface area contributed by atoms with Crippen LogP contribution in [-0.4, -0.2) is 38.4 Å². The number of carboxylic acid groups (broad SMARTS) is 1. The second kappa shape index (κ2) is 5.09. The SMILES string of the molecule is O=C(O)c1ccccc1O[O-].[Pb+2]. The van der Waals surface area contributed by atoms with Crippen molar-refractivity contribution in [1.29, 1.82) is 0 Å². The van der Waals surface area contributed by atoms with Gasteiger partial charge in [-0.1, -0.05) is 12.1 Å². The molecule has 0 heterocycles. The minimum atomic E-state index is -1.17. The number of para-hydroxylation sites is 1. The van der Waals surface area contributed by atoms with Gasteiger partial charge in [-0.3, -0.25) is 0 Å². The summed E-state index contributed by atoms with van der Waals surface area (Å²) < 4.78 is 0. The van der Waals surface area contributed by atoms with E-state index in [1.165, 1.54) is 24.3 Å². The largest absolute Gasteiger partial charge is 2.00 e. The van der Waals surface area contributed by atoms with E-state index in [0.29, 0.717) is 0 Å². The van der Waals surface area contributed by atoms with Gasteiger partial charge in [0, 0.05) is 0 Å². The van der Waals surface area contributed by atoms with Gasteiger partial charge in [0.1, 0.15) is 11.3 Å². The Hall–Kier alpha value is -0.628. The summed E-state index contributed by atoms with van der Waals surface area (Å²) in [4.78, 5) is 13.9. The molecule has 0 amide bonds. The second-order valence-electron chi connectivity index (χ2n) is 1.88. The Labute approximate surface area is 88.9 Å². The average molecular weight is 360 g/mol. The van der Waals surface area contributed by atoms with Crippen LogP contribution in [0, 0.1) is 0 Å². The molecule has 2 radical (unpaired) electrons.